The van der Waals surface area contributed by atoms with E-state index in [9.17, 15) is 9.90 Å². The van der Waals surface area contributed by atoms with Gasteiger partial charge in [-0.2, -0.15) is 0 Å². The maximum Gasteiger partial charge on any atom is 0.408 e. The summed E-state index contributed by atoms with van der Waals surface area (Å²) >= 11 is 9.68. The monoisotopic (exact) mass is 359 g/mol. The van der Waals surface area contributed by atoms with Crippen LogP contribution in [0, 0.1) is 0 Å². The number of hydrogen-bond donors (Lipinski definition) is 1. The van der Waals surface area contributed by atoms with Crippen molar-refractivity contribution in [2.75, 3.05) is 0 Å². The molecule has 0 aliphatic heterocycles. The maximum absolute atomic E-state index is 11.7. The van der Waals surface area contributed by atoms with Crippen LogP contribution in [0.25, 0.3) is 0 Å². The highest BCUT2D eigenvalue weighted by Crippen LogP contribution is 2.48. The van der Waals surface area contributed by atoms with Gasteiger partial charge in [-0.15, -0.1) is 0 Å². The van der Waals surface area contributed by atoms with Crippen LogP contribution in [0.1, 0.15) is 39.2 Å². The third-order valence-corrected chi connectivity index (χ3v) is 4.55. The van der Waals surface area contributed by atoms with E-state index >= 15 is 0 Å². The Balaban J connectivity index is 2.31. The normalized spacial score (nSPS) is 16.9. The van der Waals surface area contributed by atoms with E-state index in [-0.39, 0.29) is 5.54 Å². The highest BCUT2D eigenvalue weighted by molar-refractivity contribution is 9.10. The SMILES string of the molecule is CC(C)(C)N(C(=O)O)C1(Cc2cc(Br)ccc2Cl)CC1. The van der Waals surface area contributed by atoms with Gasteiger partial charge >= 0.3 is 6.09 Å². The van der Waals surface area contributed by atoms with Crippen LogP contribution in [0.5, 0.6) is 0 Å². The largest absolute Gasteiger partial charge is 0.465 e. The fraction of sp³-hybridized carbons (Fsp3) is 0.533. The average Bonchev–Trinajstić information content (AvgIpc) is 3.01. The molecule has 1 aliphatic rings. The first kappa shape index (κ1) is 15.6. The summed E-state index contributed by atoms with van der Waals surface area (Å²) < 4.78 is 0.963. The summed E-state index contributed by atoms with van der Waals surface area (Å²) in [5, 5.41) is 10.3. The first-order valence-electron chi connectivity index (χ1n) is 6.63. The number of amides is 1. The van der Waals surface area contributed by atoms with Crippen molar-refractivity contribution in [1.82, 2.24) is 4.90 Å². The topological polar surface area (TPSA) is 40.5 Å². The van der Waals surface area contributed by atoms with Gasteiger partial charge in [-0.3, -0.25) is 4.90 Å². The molecule has 5 heteroatoms. The third-order valence-electron chi connectivity index (χ3n) is 3.69. The van der Waals surface area contributed by atoms with E-state index < -0.39 is 11.6 Å². The second-order valence-electron chi connectivity index (χ2n) is 6.43. The number of hydrogen-bond acceptors (Lipinski definition) is 1. The smallest absolute Gasteiger partial charge is 0.408 e. The summed E-state index contributed by atoms with van der Waals surface area (Å²) in [4.78, 5) is 13.3. The Morgan fingerprint density at radius 1 is 1.45 bits per heavy atom. The number of rotatable bonds is 3. The minimum absolute atomic E-state index is 0.311. The standard InChI is InChI=1S/C15H19BrClNO2/c1-14(2,3)18(13(19)20)15(6-7-15)9-10-8-11(16)4-5-12(10)17/h4-5,8H,6-7,9H2,1-3H3,(H,19,20). The molecule has 3 nitrogen and oxygen atoms in total. The highest BCUT2D eigenvalue weighted by atomic mass is 79.9. The van der Waals surface area contributed by atoms with E-state index in [0.717, 1.165) is 22.9 Å². The average molecular weight is 361 g/mol. The second kappa shape index (κ2) is 5.23. The van der Waals surface area contributed by atoms with Crippen LogP contribution in [-0.2, 0) is 6.42 Å². The van der Waals surface area contributed by atoms with E-state index in [1.54, 1.807) is 4.90 Å². The molecule has 1 aliphatic carbocycles. The van der Waals surface area contributed by atoms with Crippen LogP contribution in [0.2, 0.25) is 5.02 Å². The van der Waals surface area contributed by atoms with Gasteiger partial charge in [0.15, 0.2) is 0 Å². The molecule has 20 heavy (non-hydrogen) atoms. The molecule has 1 aromatic carbocycles. The molecule has 1 saturated carbocycles. The van der Waals surface area contributed by atoms with Gasteiger partial charge in [0, 0.05) is 15.0 Å². The van der Waals surface area contributed by atoms with Gasteiger partial charge in [0.05, 0.1) is 5.54 Å². The summed E-state index contributed by atoms with van der Waals surface area (Å²) in [6.45, 7) is 5.80. The molecule has 1 amide bonds. The first-order chi connectivity index (χ1) is 9.16. The summed E-state index contributed by atoms with van der Waals surface area (Å²) in [6, 6.07) is 5.72. The van der Waals surface area contributed by atoms with Gasteiger partial charge in [-0.25, -0.2) is 4.79 Å². The van der Waals surface area contributed by atoms with Crippen LogP contribution in [0.15, 0.2) is 22.7 Å². The molecule has 110 valence electrons. The third kappa shape index (κ3) is 3.12. The van der Waals surface area contributed by atoms with Crippen molar-refractivity contribution >= 4 is 33.6 Å². The Hall–Kier alpha value is -0.740. The highest BCUT2D eigenvalue weighted by Gasteiger charge is 2.54. The van der Waals surface area contributed by atoms with Crippen LogP contribution < -0.4 is 0 Å². The molecule has 0 unspecified atom stereocenters. The molecule has 0 spiro atoms. The van der Waals surface area contributed by atoms with Crippen LogP contribution >= 0.6 is 27.5 Å². The predicted molar refractivity (Wildman–Crippen MR) is 84.4 cm³/mol. The molecular weight excluding hydrogens is 342 g/mol. The molecule has 0 radical (unpaired) electrons. The molecule has 1 fully saturated rings. The Kier molecular flexibility index (Phi) is 4.09. The fourth-order valence-corrected chi connectivity index (χ4v) is 3.45. The van der Waals surface area contributed by atoms with E-state index in [1.807, 2.05) is 39.0 Å². The summed E-state index contributed by atoms with van der Waals surface area (Å²) in [6.07, 6.45) is 1.58. The van der Waals surface area contributed by atoms with Gasteiger partial charge in [0.1, 0.15) is 0 Å². The Morgan fingerprint density at radius 3 is 2.50 bits per heavy atom. The molecule has 0 saturated heterocycles. The van der Waals surface area contributed by atoms with Crippen molar-refractivity contribution in [3.63, 3.8) is 0 Å². The zero-order valence-corrected chi connectivity index (χ0v) is 14.3. The number of benzene rings is 1. The van der Waals surface area contributed by atoms with E-state index in [4.69, 9.17) is 11.6 Å². The minimum atomic E-state index is -0.860. The van der Waals surface area contributed by atoms with Crippen molar-refractivity contribution in [2.45, 2.75) is 51.1 Å². The van der Waals surface area contributed by atoms with E-state index in [1.165, 1.54) is 0 Å². The maximum atomic E-state index is 11.7. The van der Waals surface area contributed by atoms with Crippen LogP contribution in [0.3, 0.4) is 0 Å². The first-order valence-corrected chi connectivity index (χ1v) is 7.80. The molecule has 0 bridgehead atoms. The molecule has 1 N–H and O–H groups in total. The van der Waals surface area contributed by atoms with E-state index in [0.29, 0.717) is 11.4 Å². The molecular formula is C15H19BrClNO2. The second-order valence-corrected chi connectivity index (χ2v) is 7.75. The van der Waals surface area contributed by atoms with Crippen molar-refractivity contribution in [3.05, 3.63) is 33.3 Å². The van der Waals surface area contributed by atoms with Crippen LogP contribution in [0.4, 0.5) is 4.79 Å². The van der Waals surface area contributed by atoms with Gasteiger partial charge in [0.2, 0.25) is 0 Å². The molecule has 0 atom stereocenters. The number of halogens is 2. The van der Waals surface area contributed by atoms with Gasteiger partial charge < -0.3 is 5.11 Å². The minimum Gasteiger partial charge on any atom is -0.465 e. The quantitative estimate of drug-likeness (QED) is 0.828. The molecule has 2 rings (SSSR count). The summed E-state index contributed by atoms with van der Waals surface area (Å²) in [5.41, 5.74) is 0.268. The zero-order chi connectivity index (χ0) is 15.1. The Morgan fingerprint density at radius 2 is 2.05 bits per heavy atom. The van der Waals surface area contributed by atoms with Gasteiger partial charge in [-0.05, 0) is 63.8 Å². The molecule has 1 aromatic rings. The predicted octanol–water partition coefficient (Wildman–Crippen LogP) is 4.96. The Labute approximate surface area is 133 Å². The summed E-state index contributed by atoms with van der Waals surface area (Å²) in [5.74, 6) is 0. The van der Waals surface area contributed by atoms with Crippen molar-refractivity contribution in [3.8, 4) is 0 Å². The fourth-order valence-electron chi connectivity index (χ4n) is 2.86. The Bertz CT molecular complexity index is 535. The lowest BCUT2D eigenvalue weighted by Gasteiger charge is -2.40. The molecule has 0 aromatic heterocycles. The lowest BCUT2D eigenvalue weighted by Crippen LogP contribution is -2.53. The lowest BCUT2D eigenvalue weighted by atomic mass is 9.96. The van der Waals surface area contributed by atoms with Crippen LogP contribution in [-0.4, -0.2) is 27.2 Å². The number of nitrogens with zero attached hydrogens (tertiary/aromatic N) is 1. The molecule has 0 heterocycles. The van der Waals surface area contributed by atoms with Gasteiger partial charge in [0.25, 0.3) is 0 Å². The van der Waals surface area contributed by atoms with Crippen molar-refractivity contribution < 1.29 is 9.90 Å². The lowest BCUT2D eigenvalue weighted by molar-refractivity contribution is 0.0606. The zero-order valence-electron chi connectivity index (χ0n) is 11.9. The number of carbonyl (C=O) groups is 1. The van der Waals surface area contributed by atoms with Crippen molar-refractivity contribution in [2.24, 2.45) is 0 Å². The summed E-state index contributed by atoms with van der Waals surface area (Å²) in [7, 11) is 0. The number of carboxylic acid groups (broad SMARTS) is 1. The van der Waals surface area contributed by atoms with E-state index in [2.05, 4.69) is 15.9 Å². The van der Waals surface area contributed by atoms with Crippen molar-refractivity contribution in [1.29, 1.82) is 0 Å². The van der Waals surface area contributed by atoms with Gasteiger partial charge in [-0.1, -0.05) is 27.5 Å².